The van der Waals surface area contributed by atoms with Crippen molar-refractivity contribution in [2.24, 2.45) is 4.99 Å². The van der Waals surface area contributed by atoms with Gasteiger partial charge in [0.15, 0.2) is 5.17 Å². The second-order valence-electron chi connectivity index (χ2n) is 7.71. The average Bonchev–Trinajstić information content (AvgIpc) is 3.13. The molecule has 0 radical (unpaired) electrons. The van der Waals surface area contributed by atoms with E-state index in [-0.39, 0.29) is 24.8 Å². The zero-order valence-corrected chi connectivity index (χ0v) is 19.6. The number of rotatable bonds is 7. The fourth-order valence-electron chi connectivity index (χ4n) is 3.48. The maximum atomic E-state index is 13.7. The topological polar surface area (TPSA) is 88.1 Å². The number of hydrogen-bond acceptors (Lipinski definition) is 6. The van der Waals surface area contributed by atoms with Crippen LogP contribution in [-0.4, -0.2) is 40.2 Å². The Balaban J connectivity index is 1.50. The van der Waals surface area contributed by atoms with E-state index in [0.717, 1.165) is 5.56 Å². The van der Waals surface area contributed by atoms with Crippen molar-refractivity contribution < 1.29 is 23.5 Å². The predicted octanol–water partition coefficient (Wildman–Crippen LogP) is 4.77. The highest BCUT2D eigenvalue weighted by molar-refractivity contribution is 8.15. The fraction of sp³-hybridized carbons (Fsp3) is 0.154. The number of amidine groups is 1. The van der Waals surface area contributed by atoms with E-state index in [4.69, 9.17) is 0 Å². The Hall–Kier alpha value is -3.98. The first kappa shape index (κ1) is 24.2. The van der Waals surface area contributed by atoms with Gasteiger partial charge in [0.2, 0.25) is 11.8 Å². The summed E-state index contributed by atoms with van der Waals surface area (Å²) in [4.78, 5) is 43.5. The summed E-state index contributed by atoms with van der Waals surface area (Å²) in [5.74, 6) is -1.50. The number of amides is 2. The van der Waals surface area contributed by atoms with Crippen LogP contribution in [0.25, 0.3) is 0 Å². The lowest BCUT2D eigenvalue weighted by atomic mass is 10.2. The molecule has 1 heterocycles. The van der Waals surface area contributed by atoms with E-state index >= 15 is 0 Å². The van der Waals surface area contributed by atoms with Crippen molar-refractivity contribution in [2.45, 2.75) is 18.2 Å². The summed E-state index contributed by atoms with van der Waals surface area (Å²) < 4.78 is 18.3. The smallest absolute Gasteiger partial charge is 0.337 e. The predicted molar refractivity (Wildman–Crippen MR) is 133 cm³/mol. The van der Waals surface area contributed by atoms with Crippen LogP contribution in [0.2, 0.25) is 0 Å². The molecule has 1 unspecified atom stereocenters. The molecule has 7 nitrogen and oxygen atoms in total. The monoisotopic (exact) mass is 491 g/mol. The molecule has 0 spiro atoms. The van der Waals surface area contributed by atoms with Gasteiger partial charge in [0.05, 0.1) is 24.9 Å². The SMILES string of the molecule is COC(=O)c1ccc(NC(=O)CC2SC(=Nc3cccc(F)c3)N(Cc3ccccc3)C2=O)cc1. The van der Waals surface area contributed by atoms with E-state index in [1.165, 1.54) is 35.9 Å². The minimum atomic E-state index is -0.680. The number of methoxy groups -OCH3 is 1. The number of aliphatic imine (C=N–C) groups is 1. The molecule has 0 aromatic heterocycles. The van der Waals surface area contributed by atoms with Crippen molar-refractivity contribution in [3.8, 4) is 0 Å². The molecule has 1 aliphatic rings. The van der Waals surface area contributed by atoms with Gasteiger partial charge in [0, 0.05) is 12.1 Å². The summed E-state index contributed by atoms with van der Waals surface area (Å²) >= 11 is 1.18. The van der Waals surface area contributed by atoms with Gasteiger partial charge >= 0.3 is 5.97 Å². The third-order valence-electron chi connectivity index (χ3n) is 5.20. The molecule has 35 heavy (non-hydrogen) atoms. The number of carbonyl (C=O) groups is 3. The van der Waals surface area contributed by atoms with Crippen LogP contribution in [-0.2, 0) is 20.9 Å². The summed E-state index contributed by atoms with van der Waals surface area (Å²) in [6.45, 7) is 0.286. The number of esters is 1. The van der Waals surface area contributed by atoms with Crippen molar-refractivity contribution in [1.82, 2.24) is 4.90 Å². The number of benzene rings is 3. The fourth-order valence-corrected chi connectivity index (χ4v) is 4.64. The standard InChI is InChI=1S/C26H22FN3O4S/c1-34-25(33)18-10-12-20(13-11-18)28-23(31)15-22-24(32)30(16-17-6-3-2-4-7-17)26(35-22)29-21-9-5-8-19(27)14-21/h2-14,22H,15-16H2,1H3,(H,28,31). The number of nitrogens with zero attached hydrogens (tertiary/aromatic N) is 2. The molecule has 9 heteroatoms. The number of halogens is 1. The maximum absolute atomic E-state index is 13.7. The largest absolute Gasteiger partial charge is 0.465 e. The van der Waals surface area contributed by atoms with E-state index in [0.29, 0.717) is 22.1 Å². The van der Waals surface area contributed by atoms with E-state index in [1.807, 2.05) is 30.3 Å². The number of ether oxygens (including phenoxy) is 1. The zero-order valence-electron chi connectivity index (χ0n) is 18.8. The van der Waals surface area contributed by atoms with E-state index in [2.05, 4.69) is 15.0 Å². The second-order valence-corrected chi connectivity index (χ2v) is 8.88. The van der Waals surface area contributed by atoms with Gasteiger partial charge in [-0.3, -0.25) is 14.5 Å². The summed E-state index contributed by atoms with van der Waals surface area (Å²) in [7, 11) is 1.29. The van der Waals surface area contributed by atoms with Crippen LogP contribution < -0.4 is 5.32 Å². The highest BCUT2D eigenvalue weighted by atomic mass is 32.2. The molecule has 4 rings (SSSR count). The molecule has 3 aromatic rings. The highest BCUT2D eigenvalue weighted by Gasteiger charge is 2.39. The molecule has 1 saturated heterocycles. The van der Waals surface area contributed by atoms with Gasteiger partial charge in [-0.2, -0.15) is 0 Å². The average molecular weight is 492 g/mol. The first-order chi connectivity index (χ1) is 16.9. The van der Waals surface area contributed by atoms with Crippen LogP contribution in [0.1, 0.15) is 22.3 Å². The number of carbonyl (C=O) groups excluding carboxylic acids is 3. The Kier molecular flexibility index (Phi) is 7.57. The van der Waals surface area contributed by atoms with Crippen molar-refractivity contribution in [1.29, 1.82) is 0 Å². The van der Waals surface area contributed by atoms with Crippen LogP contribution in [0.5, 0.6) is 0 Å². The first-order valence-corrected chi connectivity index (χ1v) is 11.7. The van der Waals surface area contributed by atoms with Gasteiger partial charge in [-0.15, -0.1) is 0 Å². The molecule has 2 amide bonds. The minimum absolute atomic E-state index is 0.0737. The number of anilines is 1. The number of thioether (sulfide) groups is 1. The van der Waals surface area contributed by atoms with Gasteiger partial charge in [0.1, 0.15) is 11.1 Å². The van der Waals surface area contributed by atoms with Crippen LogP contribution in [0, 0.1) is 5.82 Å². The van der Waals surface area contributed by atoms with Gasteiger partial charge in [-0.1, -0.05) is 48.2 Å². The van der Waals surface area contributed by atoms with Crippen molar-refractivity contribution in [3.05, 3.63) is 95.8 Å². The van der Waals surface area contributed by atoms with E-state index in [1.54, 1.807) is 36.4 Å². The minimum Gasteiger partial charge on any atom is -0.465 e. The van der Waals surface area contributed by atoms with Gasteiger partial charge in [-0.05, 0) is 48.0 Å². The van der Waals surface area contributed by atoms with E-state index < -0.39 is 17.0 Å². The highest BCUT2D eigenvalue weighted by Crippen LogP contribution is 2.33. The van der Waals surface area contributed by atoms with Gasteiger partial charge in [0.25, 0.3) is 0 Å². The van der Waals surface area contributed by atoms with Crippen LogP contribution >= 0.6 is 11.8 Å². The Labute approximate surface area is 206 Å². The lowest BCUT2D eigenvalue weighted by Gasteiger charge is -2.16. The molecule has 0 saturated carbocycles. The first-order valence-electron chi connectivity index (χ1n) is 10.8. The second kappa shape index (κ2) is 11.0. The Bertz CT molecular complexity index is 1270. The molecule has 3 aromatic carbocycles. The van der Waals surface area contributed by atoms with Crippen LogP contribution in [0.4, 0.5) is 15.8 Å². The molecule has 0 bridgehead atoms. The quantitative estimate of drug-likeness (QED) is 0.481. The van der Waals surface area contributed by atoms with Crippen molar-refractivity contribution in [2.75, 3.05) is 12.4 Å². The molecule has 0 aliphatic carbocycles. The summed E-state index contributed by atoms with van der Waals surface area (Å²) in [6.07, 6.45) is -0.0737. The molecule has 1 N–H and O–H groups in total. The Morgan fingerprint density at radius 1 is 1.06 bits per heavy atom. The Morgan fingerprint density at radius 2 is 1.80 bits per heavy atom. The molecule has 178 valence electrons. The van der Waals surface area contributed by atoms with E-state index in [9.17, 15) is 18.8 Å². The molecule has 1 fully saturated rings. The third kappa shape index (κ3) is 6.13. The number of nitrogens with one attached hydrogen (secondary N) is 1. The van der Waals surface area contributed by atoms with Gasteiger partial charge in [-0.25, -0.2) is 14.2 Å². The Morgan fingerprint density at radius 3 is 2.49 bits per heavy atom. The van der Waals surface area contributed by atoms with Crippen molar-refractivity contribution >= 4 is 46.1 Å². The molecular formula is C26H22FN3O4S. The zero-order chi connectivity index (χ0) is 24.8. The van der Waals surface area contributed by atoms with Crippen LogP contribution in [0.15, 0.2) is 83.9 Å². The number of hydrogen-bond donors (Lipinski definition) is 1. The van der Waals surface area contributed by atoms with Gasteiger partial charge < -0.3 is 10.1 Å². The summed E-state index contributed by atoms with van der Waals surface area (Å²) in [6, 6.07) is 21.5. The summed E-state index contributed by atoms with van der Waals surface area (Å²) in [5.41, 5.74) is 2.15. The summed E-state index contributed by atoms with van der Waals surface area (Å²) in [5, 5.41) is 2.47. The lowest BCUT2D eigenvalue weighted by molar-refractivity contribution is -0.128. The molecular weight excluding hydrogens is 469 g/mol. The van der Waals surface area contributed by atoms with Crippen molar-refractivity contribution in [3.63, 3.8) is 0 Å². The van der Waals surface area contributed by atoms with Crippen LogP contribution in [0.3, 0.4) is 0 Å². The maximum Gasteiger partial charge on any atom is 0.337 e. The molecule has 1 aliphatic heterocycles. The molecule has 1 atom stereocenters. The third-order valence-corrected chi connectivity index (χ3v) is 6.37. The normalized spacial score (nSPS) is 16.4. The lowest BCUT2D eigenvalue weighted by Crippen LogP contribution is -2.33.